The van der Waals surface area contributed by atoms with Crippen molar-refractivity contribution in [2.75, 3.05) is 13.6 Å². The van der Waals surface area contributed by atoms with Crippen molar-refractivity contribution in [3.63, 3.8) is 0 Å². The molecule has 1 rings (SSSR count). The number of nitrogens with zero attached hydrogens (tertiary/aromatic N) is 2. The Morgan fingerprint density at radius 1 is 1.44 bits per heavy atom. The molecule has 0 aliphatic heterocycles. The Morgan fingerprint density at radius 2 is 2.12 bits per heavy atom. The van der Waals surface area contributed by atoms with Gasteiger partial charge in [-0.25, -0.2) is 13.4 Å². The second-order valence-electron chi connectivity index (χ2n) is 3.87. The van der Waals surface area contributed by atoms with Crippen LogP contribution >= 0.6 is 0 Å². The van der Waals surface area contributed by atoms with E-state index >= 15 is 0 Å². The predicted octanol–water partition coefficient (Wildman–Crippen LogP) is 1.53. The molecule has 92 valence electrons. The fraction of sp³-hybridized carbons (Fsp3) is 0.700. The zero-order valence-electron chi connectivity index (χ0n) is 10.0. The molecule has 1 heterocycles. The van der Waals surface area contributed by atoms with Crippen molar-refractivity contribution >= 4 is 10.0 Å². The third-order valence-electron chi connectivity index (χ3n) is 2.44. The average Bonchev–Trinajstić information content (AvgIpc) is 2.65. The van der Waals surface area contributed by atoms with Gasteiger partial charge in [0.25, 0.3) is 10.0 Å². The quantitative estimate of drug-likeness (QED) is 0.773. The molecule has 16 heavy (non-hydrogen) atoms. The summed E-state index contributed by atoms with van der Waals surface area (Å²) in [5.74, 6) is 0.612. The highest BCUT2D eigenvalue weighted by molar-refractivity contribution is 7.89. The minimum Gasteiger partial charge on any atom is -0.332 e. The van der Waals surface area contributed by atoms with E-state index in [0.29, 0.717) is 12.4 Å². The summed E-state index contributed by atoms with van der Waals surface area (Å²) in [7, 11) is -1.78. The molecule has 6 heteroatoms. The lowest BCUT2D eigenvalue weighted by Crippen LogP contribution is -2.28. The number of nitrogens with one attached hydrogen (secondary N) is 1. The van der Waals surface area contributed by atoms with Crippen LogP contribution in [0.1, 0.15) is 32.0 Å². The van der Waals surface area contributed by atoms with Crippen LogP contribution in [0.2, 0.25) is 0 Å². The van der Waals surface area contributed by atoms with Gasteiger partial charge in [-0.1, -0.05) is 19.8 Å². The number of aromatic nitrogens is 2. The molecule has 1 N–H and O–H groups in total. The average molecular weight is 245 g/mol. The maximum Gasteiger partial charge on any atom is 0.259 e. The molecule has 0 saturated heterocycles. The van der Waals surface area contributed by atoms with Crippen molar-refractivity contribution in [1.82, 2.24) is 14.3 Å². The molecule has 5 nitrogen and oxygen atoms in total. The Kier molecular flexibility index (Phi) is 4.49. The predicted molar refractivity (Wildman–Crippen MR) is 62.7 cm³/mol. The highest BCUT2D eigenvalue weighted by Crippen LogP contribution is 2.12. The van der Waals surface area contributed by atoms with Gasteiger partial charge in [-0.15, -0.1) is 0 Å². The van der Waals surface area contributed by atoms with Gasteiger partial charge in [0.15, 0.2) is 5.03 Å². The molecule has 0 aliphatic carbocycles. The van der Waals surface area contributed by atoms with Gasteiger partial charge in [-0.05, 0) is 13.3 Å². The molecule has 0 aromatic carbocycles. The van der Waals surface area contributed by atoms with Gasteiger partial charge in [0, 0.05) is 13.6 Å². The summed E-state index contributed by atoms with van der Waals surface area (Å²) < 4.78 is 25.4. The molecule has 0 saturated carbocycles. The minimum atomic E-state index is -3.38. The van der Waals surface area contributed by atoms with E-state index in [1.807, 2.05) is 0 Å². The second-order valence-corrected chi connectivity index (χ2v) is 5.88. The van der Waals surface area contributed by atoms with Crippen LogP contribution in [0, 0.1) is 6.92 Å². The normalized spacial score (nSPS) is 12.2. The monoisotopic (exact) mass is 245 g/mol. The van der Waals surface area contributed by atoms with Crippen molar-refractivity contribution in [2.24, 2.45) is 0 Å². The van der Waals surface area contributed by atoms with Gasteiger partial charge in [-0.3, -0.25) is 0 Å². The van der Waals surface area contributed by atoms with Crippen LogP contribution in [-0.2, 0) is 10.0 Å². The molecule has 0 radical (unpaired) electrons. The SMILES string of the molecule is CCCCCN(C)S(=O)(=O)c1cnc(C)[nH]1. The van der Waals surface area contributed by atoms with E-state index in [-0.39, 0.29) is 5.03 Å². The lowest BCUT2D eigenvalue weighted by Gasteiger charge is -2.15. The van der Waals surface area contributed by atoms with Crippen LogP contribution in [0.3, 0.4) is 0 Å². The van der Waals surface area contributed by atoms with E-state index in [9.17, 15) is 8.42 Å². The van der Waals surface area contributed by atoms with Crippen LogP contribution in [-0.4, -0.2) is 36.3 Å². The number of unbranched alkanes of at least 4 members (excludes halogenated alkanes) is 2. The van der Waals surface area contributed by atoms with Crippen LogP contribution < -0.4 is 0 Å². The molecule has 0 spiro atoms. The topological polar surface area (TPSA) is 66.1 Å². The summed E-state index contributed by atoms with van der Waals surface area (Å²) in [5.41, 5.74) is 0. The van der Waals surface area contributed by atoms with E-state index in [1.165, 1.54) is 10.5 Å². The number of hydrogen-bond acceptors (Lipinski definition) is 3. The van der Waals surface area contributed by atoms with Crippen molar-refractivity contribution in [3.8, 4) is 0 Å². The summed E-state index contributed by atoms with van der Waals surface area (Å²) >= 11 is 0. The number of hydrogen-bond donors (Lipinski definition) is 1. The van der Waals surface area contributed by atoms with Crippen molar-refractivity contribution < 1.29 is 8.42 Å². The fourth-order valence-electron chi connectivity index (χ4n) is 1.40. The summed E-state index contributed by atoms with van der Waals surface area (Å²) in [6.07, 6.45) is 4.37. The van der Waals surface area contributed by atoms with Crippen LogP contribution in [0.15, 0.2) is 11.2 Å². The molecule has 0 atom stereocenters. The van der Waals surface area contributed by atoms with E-state index in [0.717, 1.165) is 19.3 Å². The lowest BCUT2D eigenvalue weighted by atomic mass is 10.2. The Balaban J connectivity index is 2.70. The number of rotatable bonds is 6. The highest BCUT2D eigenvalue weighted by atomic mass is 32.2. The summed E-state index contributed by atoms with van der Waals surface area (Å²) in [6, 6.07) is 0. The number of sulfonamides is 1. The van der Waals surface area contributed by atoms with Crippen LogP contribution in [0.5, 0.6) is 0 Å². The zero-order chi connectivity index (χ0) is 12.2. The largest absolute Gasteiger partial charge is 0.332 e. The van der Waals surface area contributed by atoms with Gasteiger partial charge in [0.05, 0.1) is 6.20 Å². The van der Waals surface area contributed by atoms with E-state index < -0.39 is 10.0 Å². The summed E-state index contributed by atoms with van der Waals surface area (Å²) in [6.45, 7) is 4.37. The summed E-state index contributed by atoms with van der Waals surface area (Å²) in [4.78, 5) is 6.65. The first-order valence-corrected chi connectivity index (χ1v) is 6.90. The van der Waals surface area contributed by atoms with Gasteiger partial charge in [-0.2, -0.15) is 4.31 Å². The number of aryl methyl sites for hydroxylation is 1. The van der Waals surface area contributed by atoms with Crippen LogP contribution in [0.25, 0.3) is 0 Å². The molecule has 0 bridgehead atoms. The van der Waals surface area contributed by atoms with Gasteiger partial charge in [0.2, 0.25) is 0 Å². The Bertz CT molecular complexity index is 425. The maximum atomic E-state index is 12.0. The molecule has 0 amide bonds. The van der Waals surface area contributed by atoms with E-state index in [1.54, 1.807) is 14.0 Å². The molecule has 0 fully saturated rings. The molecule has 0 unspecified atom stereocenters. The number of H-pyrrole nitrogens is 1. The Morgan fingerprint density at radius 3 is 2.62 bits per heavy atom. The van der Waals surface area contributed by atoms with Gasteiger partial charge >= 0.3 is 0 Å². The van der Waals surface area contributed by atoms with E-state index in [4.69, 9.17) is 0 Å². The van der Waals surface area contributed by atoms with E-state index in [2.05, 4.69) is 16.9 Å². The van der Waals surface area contributed by atoms with Crippen LogP contribution in [0.4, 0.5) is 0 Å². The van der Waals surface area contributed by atoms with Gasteiger partial charge < -0.3 is 4.98 Å². The first-order chi connectivity index (χ1) is 7.48. The smallest absolute Gasteiger partial charge is 0.259 e. The third-order valence-corrected chi connectivity index (χ3v) is 4.21. The maximum absolute atomic E-state index is 12.0. The molecular formula is C10H19N3O2S. The minimum absolute atomic E-state index is 0.170. The fourth-order valence-corrected chi connectivity index (χ4v) is 2.57. The van der Waals surface area contributed by atoms with Crippen molar-refractivity contribution in [1.29, 1.82) is 0 Å². The summed E-state index contributed by atoms with van der Waals surface area (Å²) in [5, 5.41) is 0.170. The molecule has 0 aliphatic rings. The first-order valence-electron chi connectivity index (χ1n) is 5.46. The van der Waals surface area contributed by atoms with Gasteiger partial charge in [0.1, 0.15) is 5.82 Å². The molecule has 1 aromatic rings. The Labute approximate surface area is 96.9 Å². The molecular weight excluding hydrogens is 226 g/mol. The Hall–Kier alpha value is -0.880. The zero-order valence-corrected chi connectivity index (χ0v) is 10.8. The number of aromatic amines is 1. The first kappa shape index (κ1) is 13.2. The van der Waals surface area contributed by atoms with Crippen molar-refractivity contribution in [2.45, 2.75) is 38.1 Å². The third kappa shape index (κ3) is 3.05. The van der Waals surface area contributed by atoms with Crippen molar-refractivity contribution in [3.05, 3.63) is 12.0 Å². The highest BCUT2D eigenvalue weighted by Gasteiger charge is 2.21. The number of imidazole rings is 1. The molecule has 1 aromatic heterocycles. The lowest BCUT2D eigenvalue weighted by molar-refractivity contribution is 0.452. The standard InChI is InChI=1S/C10H19N3O2S/c1-4-5-6-7-13(3)16(14,15)10-8-11-9(2)12-10/h8H,4-7H2,1-3H3,(H,11,12). The second kappa shape index (κ2) is 5.45.